The Morgan fingerprint density at radius 1 is 1.04 bits per heavy atom. The van der Waals surface area contributed by atoms with Gasteiger partial charge in [-0.2, -0.15) is 0 Å². The summed E-state index contributed by atoms with van der Waals surface area (Å²) < 4.78 is 12.8. The molecule has 1 atom stereocenters. The number of carboxylic acids is 1. The highest BCUT2D eigenvalue weighted by Gasteiger charge is 2.11. The lowest BCUT2D eigenvalue weighted by Gasteiger charge is -2.09. The average Bonchev–Trinajstić information content (AvgIpc) is 2.56. The van der Waals surface area contributed by atoms with Gasteiger partial charge < -0.3 is 10.4 Å². The number of rotatable bonds is 7. The minimum Gasteiger partial charge on any atom is -0.481 e. The van der Waals surface area contributed by atoms with Crippen LogP contribution in [0.15, 0.2) is 48.5 Å². The number of hydrogen-bond acceptors (Lipinski definition) is 2. The summed E-state index contributed by atoms with van der Waals surface area (Å²) in [5, 5.41) is 11.7. The first-order valence-corrected chi connectivity index (χ1v) is 7.80. The van der Waals surface area contributed by atoms with Crippen LogP contribution in [0.25, 0.3) is 0 Å². The zero-order valence-electron chi connectivity index (χ0n) is 13.5. The maximum atomic E-state index is 12.8. The fourth-order valence-corrected chi connectivity index (χ4v) is 2.30. The standard InChI is InChI=1S/C19H20FNO3/c1-13(19(23)24)12-15-4-9-17(10-5-15)21-18(22)11-6-14-2-7-16(20)8-3-14/h2-5,7-10,13H,6,11-12H2,1H3,(H,21,22)(H,23,24). The first-order chi connectivity index (χ1) is 11.4. The van der Waals surface area contributed by atoms with Gasteiger partial charge in [-0.25, -0.2) is 4.39 Å². The number of aliphatic carboxylic acids is 1. The molecule has 2 rings (SSSR count). The van der Waals surface area contributed by atoms with E-state index in [4.69, 9.17) is 5.11 Å². The molecule has 0 radical (unpaired) electrons. The molecule has 5 heteroatoms. The number of carbonyl (C=O) groups excluding carboxylic acids is 1. The highest BCUT2D eigenvalue weighted by Crippen LogP contribution is 2.14. The fraction of sp³-hybridized carbons (Fsp3) is 0.263. The number of hydrogen-bond donors (Lipinski definition) is 2. The number of aryl methyl sites for hydroxylation is 1. The quantitative estimate of drug-likeness (QED) is 0.814. The summed E-state index contributed by atoms with van der Waals surface area (Å²) in [6.45, 7) is 1.66. The maximum absolute atomic E-state index is 12.8. The summed E-state index contributed by atoms with van der Waals surface area (Å²) in [6.07, 6.45) is 1.30. The first-order valence-electron chi connectivity index (χ1n) is 7.80. The van der Waals surface area contributed by atoms with E-state index in [9.17, 15) is 14.0 Å². The third-order valence-corrected chi connectivity index (χ3v) is 3.76. The highest BCUT2D eigenvalue weighted by molar-refractivity contribution is 5.90. The molecule has 4 nitrogen and oxygen atoms in total. The molecule has 126 valence electrons. The zero-order chi connectivity index (χ0) is 17.5. The molecule has 0 aliphatic heterocycles. The van der Waals surface area contributed by atoms with Gasteiger partial charge in [-0.3, -0.25) is 9.59 Å². The molecule has 0 heterocycles. The molecule has 0 aromatic heterocycles. The molecule has 0 aliphatic rings. The van der Waals surface area contributed by atoms with E-state index in [1.807, 2.05) is 12.1 Å². The van der Waals surface area contributed by atoms with Crippen LogP contribution in [0.4, 0.5) is 10.1 Å². The van der Waals surface area contributed by atoms with Gasteiger partial charge in [-0.15, -0.1) is 0 Å². The predicted octanol–water partition coefficient (Wildman–Crippen LogP) is 3.66. The van der Waals surface area contributed by atoms with E-state index in [1.165, 1.54) is 12.1 Å². The molecule has 24 heavy (non-hydrogen) atoms. The molecule has 0 saturated heterocycles. The monoisotopic (exact) mass is 329 g/mol. The number of amides is 1. The van der Waals surface area contributed by atoms with Crippen LogP contribution >= 0.6 is 0 Å². The second-order valence-corrected chi connectivity index (χ2v) is 5.81. The Bertz CT molecular complexity index is 696. The number of anilines is 1. The van der Waals surface area contributed by atoms with Gasteiger partial charge in [0.1, 0.15) is 5.82 Å². The van der Waals surface area contributed by atoms with Crippen LogP contribution in [-0.2, 0) is 22.4 Å². The maximum Gasteiger partial charge on any atom is 0.306 e. The van der Waals surface area contributed by atoms with Crippen LogP contribution in [0.1, 0.15) is 24.5 Å². The topological polar surface area (TPSA) is 66.4 Å². The van der Waals surface area contributed by atoms with Crippen LogP contribution in [0.3, 0.4) is 0 Å². The van der Waals surface area contributed by atoms with Crippen LogP contribution in [0, 0.1) is 11.7 Å². The van der Waals surface area contributed by atoms with Gasteiger partial charge in [0.2, 0.25) is 5.91 Å². The normalized spacial score (nSPS) is 11.8. The molecule has 1 unspecified atom stereocenters. The predicted molar refractivity (Wildman–Crippen MR) is 90.3 cm³/mol. The van der Waals surface area contributed by atoms with Crippen molar-refractivity contribution >= 4 is 17.6 Å². The van der Waals surface area contributed by atoms with Gasteiger partial charge >= 0.3 is 5.97 Å². The lowest BCUT2D eigenvalue weighted by Crippen LogP contribution is -2.13. The van der Waals surface area contributed by atoms with E-state index in [2.05, 4.69) is 5.32 Å². The van der Waals surface area contributed by atoms with E-state index in [-0.39, 0.29) is 11.7 Å². The van der Waals surface area contributed by atoms with E-state index in [1.54, 1.807) is 31.2 Å². The first kappa shape index (κ1) is 17.7. The van der Waals surface area contributed by atoms with Crippen LogP contribution in [0.2, 0.25) is 0 Å². The fourth-order valence-electron chi connectivity index (χ4n) is 2.30. The van der Waals surface area contributed by atoms with Gasteiger partial charge in [0.15, 0.2) is 0 Å². The molecule has 2 aromatic carbocycles. The summed E-state index contributed by atoms with van der Waals surface area (Å²) in [7, 11) is 0. The van der Waals surface area contributed by atoms with Gasteiger partial charge in [-0.05, 0) is 48.2 Å². The van der Waals surface area contributed by atoms with Crippen molar-refractivity contribution in [2.75, 3.05) is 5.32 Å². The average molecular weight is 329 g/mol. The van der Waals surface area contributed by atoms with Gasteiger partial charge in [-0.1, -0.05) is 31.2 Å². The molecular weight excluding hydrogens is 309 g/mol. The summed E-state index contributed by atoms with van der Waals surface area (Å²) in [4.78, 5) is 22.8. The second-order valence-electron chi connectivity index (χ2n) is 5.81. The van der Waals surface area contributed by atoms with Crippen molar-refractivity contribution in [1.82, 2.24) is 0 Å². The van der Waals surface area contributed by atoms with Crippen molar-refractivity contribution < 1.29 is 19.1 Å². The Morgan fingerprint density at radius 3 is 2.21 bits per heavy atom. The van der Waals surface area contributed by atoms with Crippen molar-refractivity contribution in [1.29, 1.82) is 0 Å². The van der Waals surface area contributed by atoms with Crippen molar-refractivity contribution in [3.05, 3.63) is 65.5 Å². The Hall–Kier alpha value is -2.69. The van der Waals surface area contributed by atoms with Gasteiger partial charge in [0, 0.05) is 12.1 Å². The second kappa shape index (κ2) is 8.24. The smallest absolute Gasteiger partial charge is 0.306 e. The SMILES string of the molecule is CC(Cc1ccc(NC(=O)CCc2ccc(F)cc2)cc1)C(=O)O. The van der Waals surface area contributed by atoms with Crippen molar-refractivity contribution in [2.24, 2.45) is 5.92 Å². The number of nitrogens with one attached hydrogen (secondary N) is 1. The van der Waals surface area contributed by atoms with Crippen LogP contribution in [-0.4, -0.2) is 17.0 Å². The lowest BCUT2D eigenvalue weighted by molar-refractivity contribution is -0.141. The Morgan fingerprint density at radius 2 is 1.62 bits per heavy atom. The number of halogens is 1. The van der Waals surface area contributed by atoms with Gasteiger partial charge in [0.25, 0.3) is 0 Å². The Balaban J connectivity index is 1.83. The Labute approximate surface area is 140 Å². The minimum atomic E-state index is -0.826. The molecule has 2 aromatic rings. The van der Waals surface area contributed by atoms with Gasteiger partial charge in [0.05, 0.1) is 5.92 Å². The van der Waals surface area contributed by atoms with E-state index in [0.717, 1.165) is 11.1 Å². The zero-order valence-corrected chi connectivity index (χ0v) is 13.5. The molecule has 0 bridgehead atoms. The molecular formula is C19H20FNO3. The van der Waals surface area contributed by atoms with Crippen molar-refractivity contribution in [2.45, 2.75) is 26.2 Å². The summed E-state index contributed by atoms with van der Waals surface area (Å²) in [6, 6.07) is 13.2. The third kappa shape index (κ3) is 5.50. The van der Waals surface area contributed by atoms with E-state index in [0.29, 0.717) is 24.9 Å². The van der Waals surface area contributed by atoms with Crippen LogP contribution in [0.5, 0.6) is 0 Å². The molecule has 0 saturated carbocycles. The lowest BCUT2D eigenvalue weighted by atomic mass is 10.0. The van der Waals surface area contributed by atoms with Crippen molar-refractivity contribution in [3.63, 3.8) is 0 Å². The minimum absolute atomic E-state index is 0.119. The molecule has 0 spiro atoms. The van der Waals surface area contributed by atoms with E-state index >= 15 is 0 Å². The van der Waals surface area contributed by atoms with Crippen LogP contribution < -0.4 is 5.32 Å². The molecule has 2 N–H and O–H groups in total. The molecule has 1 amide bonds. The largest absolute Gasteiger partial charge is 0.481 e. The van der Waals surface area contributed by atoms with E-state index < -0.39 is 11.9 Å². The third-order valence-electron chi connectivity index (χ3n) is 3.76. The number of carbonyl (C=O) groups is 2. The molecule has 0 aliphatic carbocycles. The summed E-state index contributed by atoms with van der Waals surface area (Å²) >= 11 is 0. The summed E-state index contributed by atoms with van der Waals surface area (Å²) in [5.74, 6) is -1.68. The highest BCUT2D eigenvalue weighted by atomic mass is 19.1. The summed E-state index contributed by atoms with van der Waals surface area (Å²) in [5.41, 5.74) is 2.49. The van der Waals surface area contributed by atoms with Crippen molar-refractivity contribution in [3.8, 4) is 0 Å². The Kier molecular flexibility index (Phi) is 6.07. The number of carboxylic acid groups (broad SMARTS) is 1. The number of benzene rings is 2. The molecule has 0 fully saturated rings.